The second kappa shape index (κ2) is 11.9. The molecular weight excluding hydrogens is 502 g/mol. The number of aliphatic hydroxyl groups excluding tert-OH is 1. The summed E-state index contributed by atoms with van der Waals surface area (Å²) in [5.74, 6) is -1.97. The Morgan fingerprint density at radius 1 is 1.18 bits per heavy atom. The van der Waals surface area contributed by atoms with E-state index in [9.17, 15) is 19.5 Å². The molecule has 0 saturated carbocycles. The van der Waals surface area contributed by atoms with Gasteiger partial charge in [-0.3, -0.25) is 14.4 Å². The minimum Gasteiger partial charge on any atom is -0.461 e. The van der Waals surface area contributed by atoms with Crippen molar-refractivity contribution >= 4 is 40.9 Å². The molecule has 8 nitrogen and oxygen atoms in total. The van der Waals surface area contributed by atoms with Gasteiger partial charge < -0.3 is 24.5 Å². The molecule has 2 amide bonds. The maximum Gasteiger partial charge on any atom is 0.311 e. The smallest absolute Gasteiger partial charge is 0.311 e. The van der Waals surface area contributed by atoms with Crippen molar-refractivity contribution in [3.8, 4) is 0 Å². The molecule has 1 spiro atoms. The van der Waals surface area contributed by atoms with E-state index < -0.39 is 28.6 Å². The molecule has 38 heavy (non-hydrogen) atoms. The standard InChI is InChI=1S/C29H39N3O5S/c1-5-16-31(21-12-10-20(11-13-21)30(7-3)8-4)27(35)25-29-15-14-22(38-29)23(28(36)37-19-6-2)24(29)26(34)32(25)17-9-18-33/h5-6,10-13,22-25,33H,1-2,7-9,14-19H2,3-4H3/t22-,23+,24+,25?,29?/m1/s1. The molecule has 3 saturated heterocycles. The van der Waals surface area contributed by atoms with Crippen molar-refractivity contribution in [3.05, 3.63) is 49.6 Å². The first kappa shape index (κ1) is 28.2. The summed E-state index contributed by atoms with van der Waals surface area (Å²) in [6.07, 6.45) is 4.99. The summed E-state index contributed by atoms with van der Waals surface area (Å²) >= 11 is 1.61. The topological polar surface area (TPSA) is 90.4 Å². The first-order chi connectivity index (χ1) is 18.4. The van der Waals surface area contributed by atoms with E-state index in [1.165, 1.54) is 6.08 Å². The Hall–Kier alpha value is -2.78. The lowest BCUT2D eigenvalue weighted by Gasteiger charge is -2.37. The fraction of sp³-hybridized carbons (Fsp3) is 0.552. The van der Waals surface area contributed by atoms with Gasteiger partial charge >= 0.3 is 5.97 Å². The van der Waals surface area contributed by atoms with Crippen LogP contribution in [-0.2, 0) is 19.1 Å². The predicted octanol–water partition coefficient (Wildman–Crippen LogP) is 3.25. The van der Waals surface area contributed by atoms with Crippen LogP contribution in [0.2, 0.25) is 0 Å². The molecule has 4 rings (SSSR count). The number of hydrogen-bond acceptors (Lipinski definition) is 7. The Morgan fingerprint density at radius 2 is 1.87 bits per heavy atom. The number of anilines is 2. The monoisotopic (exact) mass is 541 g/mol. The molecular formula is C29H39N3O5S. The van der Waals surface area contributed by atoms with Crippen molar-refractivity contribution in [2.75, 3.05) is 49.2 Å². The van der Waals surface area contributed by atoms with Gasteiger partial charge in [0.05, 0.1) is 16.6 Å². The summed E-state index contributed by atoms with van der Waals surface area (Å²) in [4.78, 5) is 46.9. The van der Waals surface area contributed by atoms with E-state index in [-0.39, 0.29) is 36.8 Å². The number of amides is 2. The van der Waals surface area contributed by atoms with Gasteiger partial charge in [0.25, 0.3) is 5.91 Å². The summed E-state index contributed by atoms with van der Waals surface area (Å²) in [5, 5.41) is 9.49. The normalized spacial score (nSPS) is 27.2. The van der Waals surface area contributed by atoms with E-state index in [0.717, 1.165) is 30.9 Å². The molecule has 1 N–H and O–H groups in total. The van der Waals surface area contributed by atoms with Crippen LogP contribution in [0.3, 0.4) is 0 Å². The highest BCUT2D eigenvalue weighted by Gasteiger charge is 2.74. The molecule has 3 aliphatic rings. The lowest BCUT2D eigenvalue weighted by atomic mass is 9.71. The average molecular weight is 542 g/mol. The van der Waals surface area contributed by atoms with Crippen LogP contribution in [0.4, 0.5) is 11.4 Å². The zero-order valence-electron chi connectivity index (χ0n) is 22.4. The zero-order valence-corrected chi connectivity index (χ0v) is 23.2. The number of hydrogen-bond donors (Lipinski definition) is 1. The molecule has 3 fully saturated rings. The lowest BCUT2D eigenvalue weighted by molar-refractivity contribution is -0.153. The zero-order chi connectivity index (χ0) is 27.4. The Morgan fingerprint density at radius 3 is 2.47 bits per heavy atom. The van der Waals surface area contributed by atoms with Gasteiger partial charge in [0, 0.05) is 49.4 Å². The molecule has 1 aromatic rings. The molecule has 3 aliphatic heterocycles. The summed E-state index contributed by atoms with van der Waals surface area (Å²) in [5.41, 5.74) is 1.81. The van der Waals surface area contributed by atoms with Gasteiger partial charge in [-0.25, -0.2) is 0 Å². The van der Waals surface area contributed by atoms with Crippen LogP contribution in [-0.4, -0.2) is 83.2 Å². The van der Waals surface area contributed by atoms with Crippen molar-refractivity contribution in [1.82, 2.24) is 4.90 Å². The maximum absolute atomic E-state index is 14.4. The molecule has 2 bridgehead atoms. The number of carbonyl (C=O) groups is 3. The summed E-state index contributed by atoms with van der Waals surface area (Å²) in [6, 6.07) is 7.16. The van der Waals surface area contributed by atoms with E-state index in [4.69, 9.17) is 4.74 Å². The number of carbonyl (C=O) groups excluding carboxylic acids is 3. The molecule has 0 aliphatic carbocycles. The van der Waals surface area contributed by atoms with Gasteiger partial charge in [-0.15, -0.1) is 18.3 Å². The lowest BCUT2D eigenvalue weighted by Crippen LogP contribution is -2.55. The Kier molecular flexibility index (Phi) is 8.88. The number of benzene rings is 1. The van der Waals surface area contributed by atoms with Crippen LogP contribution in [0.1, 0.15) is 33.1 Å². The van der Waals surface area contributed by atoms with Crippen LogP contribution < -0.4 is 9.80 Å². The van der Waals surface area contributed by atoms with Crippen molar-refractivity contribution in [3.63, 3.8) is 0 Å². The third-order valence-electron chi connectivity index (χ3n) is 8.07. The molecule has 206 valence electrons. The van der Waals surface area contributed by atoms with Crippen LogP contribution >= 0.6 is 11.8 Å². The Labute approximate surface area is 229 Å². The number of fused-ring (bicyclic) bond motifs is 1. The molecule has 0 aromatic heterocycles. The second-order valence-electron chi connectivity index (χ2n) is 10.0. The van der Waals surface area contributed by atoms with Gasteiger partial charge in [-0.1, -0.05) is 18.7 Å². The molecule has 9 heteroatoms. The SMILES string of the molecule is C=CCOC(=O)[C@@H]1[C@H]2C(=O)N(CCCO)C(C(=O)N(CC=C)c3ccc(N(CC)CC)cc3)C23CC[C@H]1S3. The van der Waals surface area contributed by atoms with E-state index >= 15 is 0 Å². The third-order valence-corrected chi connectivity index (χ3v) is 10.0. The fourth-order valence-corrected chi connectivity index (χ4v) is 8.65. The van der Waals surface area contributed by atoms with Crippen LogP contribution in [0.15, 0.2) is 49.6 Å². The molecule has 0 radical (unpaired) electrons. The summed E-state index contributed by atoms with van der Waals surface area (Å²) < 4.78 is 4.70. The van der Waals surface area contributed by atoms with Gasteiger partial charge in [0.1, 0.15) is 12.6 Å². The number of rotatable bonds is 13. The average Bonchev–Trinajstić information content (AvgIpc) is 3.57. The van der Waals surface area contributed by atoms with E-state index in [2.05, 4.69) is 31.9 Å². The number of nitrogens with zero attached hydrogens (tertiary/aromatic N) is 3. The highest BCUT2D eigenvalue weighted by Crippen LogP contribution is 2.66. The first-order valence-electron chi connectivity index (χ1n) is 13.5. The third kappa shape index (κ3) is 4.75. The van der Waals surface area contributed by atoms with E-state index in [0.29, 0.717) is 19.4 Å². The van der Waals surface area contributed by atoms with Gasteiger partial charge in [0.2, 0.25) is 5.91 Å². The van der Waals surface area contributed by atoms with Gasteiger partial charge in [-0.05, 0) is 57.4 Å². The summed E-state index contributed by atoms with van der Waals surface area (Å²) in [7, 11) is 0. The largest absolute Gasteiger partial charge is 0.461 e. The number of esters is 1. The number of likely N-dealkylation sites (tertiary alicyclic amines) is 1. The molecule has 3 heterocycles. The second-order valence-corrected chi connectivity index (χ2v) is 11.6. The van der Waals surface area contributed by atoms with Crippen molar-refractivity contribution in [1.29, 1.82) is 0 Å². The Bertz CT molecular complexity index is 1060. The van der Waals surface area contributed by atoms with Crippen molar-refractivity contribution in [2.24, 2.45) is 11.8 Å². The van der Waals surface area contributed by atoms with E-state index in [1.54, 1.807) is 27.6 Å². The predicted molar refractivity (Wildman–Crippen MR) is 151 cm³/mol. The highest BCUT2D eigenvalue weighted by molar-refractivity contribution is 8.02. The van der Waals surface area contributed by atoms with E-state index in [1.807, 2.05) is 24.3 Å². The minimum atomic E-state index is -0.735. The van der Waals surface area contributed by atoms with Gasteiger partial charge in [-0.2, -0.15) is 0 Å². The molecule has 1 aromatic carbocycles. The van der Waals surface area contributed by atoms with Crippen LogP contribution in [0, 0.1) is 11.8 Å². The first-order valence-corrected chi connectivity index (χ1v) is 14.4. The van der Waals surface area contributed by atoms with Crippen molar-refractivity contribution < 1.29 is 24.2 Å². The highest BCUT2D eigenvalue weighted by atomic mass is 32.2. The molecule has 2 unspecified atom stereocenters. The fourth-order valence-electron chi connectivity index (χ4n) is 6.45. The number of ether oxygens (including phenoxy) is 1. The molecule has 5 atom stereocenters. The Balaban J connectivity index is 1.70. The quantitative estimate of drug-likeness (QED) is 0.303. The van der Waals surface area contributed by atoms with Crippen LogP contribution in [0.25, 0.3) is 0 Å². The van der Waals surface area contributed by atoms with Gasteiger partial charge in [0.15, 0.2) is 0 Å². The maximum atomic E-state index is 14.4. The minimum absolute atomic E-state index is 0.0576. The number of thioether (sulfide) groups is 1. The summed E-state index contributed by atoms with van der Waals surface area (Å²) in [6.45, 7) is 14.0. The van der Waals surface area contributed by atoms with Crippen LogP contribution in [0.5, 0.6) is 0 Å². The van der Waals surface area contributed by atoms with Crippen molar-refractivity contribution in [2.45, 2.75) is 49.1 Å². The number of aliphatic hydroxyl groups is 1.